The highest BCUT2D eigenvalue weighted by atomic mass is 14.7. The van der Waals surface area contributed by atoms with Gasteiger partial charge in [0.05, 0.1) is 11.4 Å². The Balaban J connectivity index is 2.49. The molecule has 66 valence electrons. The predicted molar refractivity (Wildman–Crippen MR) is 55.4 cm³/mol. The van der Waals surface area contributed by atoms with Crippen molar-refractivity contribution in [1.29, 1.82) is 0 Å². The van der Waals surface area contributed by atoms with Gasteiger partial charge in [0.25, 0.3) is 0 Å². The molecule has 14 heavy (non-hydrogen) atoms. The topological polar surface area (TPSA) is 25.8 Å². The number of hydrogen-bond donors (Lipinski definition) is 0. The maximum Gasteiger partial charge on any atom is 0.0898 e. The number of pyridine rings is 2. The first-order valence-corrected chi connectivity index (χ1v) is 4.24. The second-order valence-corrected chi connectivity index (χ2v) is 2.79. The molecule has 0 N–H and O–H groups in total. The molecule has 2 aromatic rings. The Morgan fingerprint density at radius 3 is 2.57 bits per heavy atom. The van der Waals surface area contributed by atoms with Gasteiger partial charge in [-0.15, -0.1) is 6.42 Å². The van der Waals surface area contributed by atoms with Gasteiger partial charge in [0.1, 0.15) is 0 Å². The number of nitrogens with zero attached hydrogens (tertiary/aromatic N) is 2. The largest absolute Gasteiger partial charge is 0.255 e. The molecule has 2 nitrogen and oxygen atoms in total. The zero-order chi connectivity index (χ0) is 9.80. The van der Waals surface area contributed by atoms with Gasteiger partial charge in [-0.1, -0.05) is 12.0 Å². The highest BCUT2D eigenvalue weighted by molar-refractivity contribution is 5.56. The minimum absolute atomic E-state index is 0.807. The van der Waals surface area contributed by atoms with Crippen molar-refractivity contribution in [3.63, 3.8) is 0 Å². The van der Waals surface area contributed by atoms with E-state index in [1.165, 1.54) is 0 Å². The van der Waals surface area contributed by atoms with Crippen molar-refractivity contribution in [3.8, 4) is 23.7 Å². The summed E-state index contributed by atoms with van der Waals surface area (Å²) in [7, 11) is 0. The van der Waals surface area contributed by atoms with Gasteiger partial charge in [0.2, 0.25) is 0 Å². The Bertz CT molecular complexity index is 469. The van der Waals surface area contributed by atoms with Crippen molar-refractivity contribution in [3.05, 3.63) is 48.3 Å². The third-order valence-electron chi connectivity index (χ3n) is 1.85. The summed E-state index contributed by atoms with van der Waals surface area (Å²) in [6.07, 6.45) is 8.73. The molecule has 0 saturated heterocycles. The molecule has 0 saturated carbocycles. The van der Waals surface area contributed by atoms with E-state index in [1.54, 1.807) is 18.5 Å². The van der Waals surface area contributed by atoms with E-state index in [9.17, 15) is 0 Å². The second kappa shape index (κ2) is 3.71. The molecule has 0 amide bonds. The minimum Gasteiger partial charge on any atom is -0.255 e. The van der Waals surface area contributed by atoms with Crippen molar-refractivity contribution in [2.45, 2.75) is 0 Å². The van der Waals surface area contributed by atoms with Crippen LogP contribution in [0.15, 0.2) is 42.7 Å². The van der Waals surface area contributed by atoms with Crippen molar-refractivity contribution < 1.29 is 0 Å². The average molecular weight is 180 g/mol. The van der Waals surface area contributed by atoms with Gasteiger partial charge in [0, 0.05) is 18.0 Å². The third kappa shape index (κ3) is 1.62. The molecule has 0 unspecified atom stereocenters. The fraction of sp³-hybridized carbons (Fsp3) is 0. The van der Waals surface area contributed by atoms with Crippen LogP contribution in [0.3, 0.4) is 0 Å². The Hall–Kier alpha value is -2.14. The fourth-order valence-corrected chi connectivity index (χ4v) is 1.17. The highest BCUT2D eigenvalue weighted by Gasteiger charge is 1.99. The number of terminal acetylenes is 1. The molecule has 0 radical (unpaired) electrons. The van der Waals surface area contributed by atoms with Gasteiger partial charge in [0.15, 0.2) is 0 Å². The molecule has 0 spiro atoms. The standard InChI is InChI=1S/C12H8N2/c1-2-10-6-8-14-12(9-10)11-5-3-4-7-13-11/h1,3-9H. The van der Waals surface area contributed by atoms with Crippen LogP contribution in [-0.2, 0) is 0 Å². The molecule has 2 heteroatoms. The van der Waals surface area contributed by atoms with E-state index in [2.05, 4.69) is 15.9 Å². The Kier molecular flexibility index (Phi) is 2.24. The molecule has 0 aliphatic rings. The summed E-state index contributed by atoms with van der Waals surface area (Å²) in [5, 5.41) is 0. The van der Waals surface area contributed by atoms with Crippen LogP contribution in [0, 0.1) is 12.3 Å². The lowest BCUT2D eigenvalue weighted by Gasteiger charge is -1.98. The van der Waals surface area contributed by atoms with E-state index in [1.807, 2.05) is 24.3 Å². The van der Waals surface area contributed by atoms with Gasteiger partial charge < -0.3 is 0 Å². The van der Waals surface area contributed by atoms with Crippen LogP contribution >= 0.6 is 0 Å². The molecule has 0 atom stereocenters. The van der Waals surface area contributed by atoms with Crippen molar-refractivity contribution >= 4 is 0 Å². The maximum absolute atomic E-state index is 5.30. The summed E-state index contributed by atoms with van der Waals surface area (Å²) in [5.74, 6) is 2.57. The SMILES string of the molecule is C#Cc1ccnc(-c2ccccn2)c1. The molecule has 2 rings (SSSR count). The van der Waals surface area contributed by atoms with E-state index in [4.69, 9.17) is 6.42 Å². The molecule has 0 fully saturated rings. The highest BCUT2D eigenvalue weighted by Crippen LogP contribution is 2.13. The van der Waals surface area contributed by atoms with Crippen molar-refractivity contribution in [2.75, 3.05) is 0 Å². The van der Waals surface area contributed by atoms with Crippen molar-refractivity contribution in [1.82, 2.24) is 9.97 Å². The molecular weight excluding hydrogens is 172 g/mol. The molecule has 0 aromatic carbocycles. The summed E-state index contributed by atoms with van der Waals surface area (Å²) >= 11 is 0. The zero-order valence-electron chi connectivity index (χ0n) is 7.51. The third-order valence-corrected chi connectivity index (χ3v) is 1.85. The quantitative estimate of drug-likeness (QED) is 0.628. The first kappa shape index (κ1) is 8.46. The van der Waals surface area contributed by atoms with E-state index < -0.39 is 0 Å². The zero-order valence-corrected chi connectivity index (χ0v) is 7.51. The lowest BCUT2D eigenvalue weighted by Crippen LogP contribution is -1.86. The molecular formula is C12H8N2. The average Bonchev–Trinajstić information content (AvgIpc) is 2.30. The minimum atomic E-state index is 0.807. The second-order valence-electron chi connectivity index (χ2n) is 2.79. The summed E-state index contributed by atoms with van der Waals surface area (Å²) in [6, 6.07) is 9.35. The number of aromatic nitrogens is 2. The first-order valence-electron chi connectivity index (χ1n) is 4.24. The Morgan fingerprint density at radius 2 is 1.86 bits per heavy atom. The van der Waals surface area contributed by atoms with Crippen LogP contribution in [0.4, 0.5) is 0 Å². The Labute approximate surface area is 82.7 Å². The maximum atomic E-state index is 5.30. The van der Waals surface area contributed by atoms with E-state index in [0.717, 1.165) is 17.0 Å². The van der Waals surface area contributed by atoms with Gasteiger partial charge >= 0.3 is 0 Å². The van der Waals surface area contributed by atoms with Crippen LogP contribution in [0.2, 0.25) is 0 Å². The smallest absolute Gasteiger partial charge is 0.0898 e. The molecule has 2 heterocycles. The normalized spacial score (nSPS) is 9.36. The predicted octanol–water partition coefficient (Wildman–Crippen LogP) is 2.12. The molecule has 2 aromatic heterocycles. The summed E-state index contributed by atoms with van der Waals surface area (Å²) in [4.78, 5) is 8.39. The van der Waals surface area contributed by atoms with Crippen LogP contribution in [0.25, 0.3) is 11.4 Å². The van der Waals surface area contributed by atoms with Gasteiger partial charge in [-0.05, 0) is 24.3 Å². The van der Waals surface area contributed by atoms with Crippen molar-refractivity contribution in [2.24, 2.45) is 0 Å². The first-order chi connectivity index (χ1) is 6.90. The van der Waals surface area contributed by atoms with E-state index in [0.29, 0.717) is 0 Å². The van der Waals surface area contributed by atoms with Gasteiger partial charge in [-0.3, -0.25) is 9.97 Å². The molecule has 0 aliphatic heterocycles. The summed E-state index contributed by atoms with van der Waals surface area (Å²) in [5.41, 5.74) is 2.46. The van der Waals surface area contributed by atoms with Crippen LogP contribution in [0.5, 0.6) is 0 Å². The lowest BCUT2D eigenvalue weighted by atomic mass is 10.2. The number of hydrogen-bond acceptors (Lipinski definition) is 2. The van der Waals surface area contributed by atoms with Crippen LogP contribution < -0.4 is 0 Å². The summed E-state index contributed by atoms with van der Waals surface area (Å²) in [6.45, 7) is 0. The van der Waals surface area contributed by atoms with Crippen LogP contribution in [-0.4, -0.2) is 9.97 Å². The monoisotopic (exact) mass is 180 g/mol. The van der Waals surface area contributed by atoms with Gasteiger partial charge in [-0.25, -0.2) is 0 Å². The summed E-state index contributed by atoms with van der Waals surface area (Å²) < 4.78 is 0. The molecule has 0 bridgehead atoms. The van der Waals surface area contributed by atoms with E-state index >= 15 is 0 Å². The number of rotatable bonds is 1. The van der Waals surface area contributed by atoms with E-state index in [-0.39, 0.29) is 0 Å². The van der Waals surface area contributed by atoms with Crippen LogP contribution in [0.1, 0.15) is 5.56 Å². The molecule has 0 aliphatic carbocycles. The lowest BCUT2D eigenvalue weighted by molar-refractivity contribution is 1.24. The fourth-order valence-electron chi connectivity index (χ4n) is 1.17. The Morgan fingerprint density at radius 1 is 1.00 bits per heavy atom. The van der Waals surface area contributed by atoms with Gasteiger partial charge in [-0.2, -0.15) is 0 Å².